The maximum absolute atomic E-state index is 12.5. The number of rotatable bonds is 8. The number of nitrogens with one attached hydrogen (secondary N) is 3. The fraction of sp³-hybridized carbons (Fsp3) is 0.556. The van der Waals surface area contributed by atoms with Crippen molar-refractivity contribution in [1.82, 2.24) is 10.6 Å². The lowest BCUT2D eigenvalue weighted by Crippen LogP contribution is -2.52. The van der Waals surface area contributed by atoms with Crippen LogP contribution >= 0.6 is 0 Å². The van der Waals surface area contributed by atoms with Gasteiger partial charge >= 0.3 is 0 Å². The summed E-state index contributed by atoms with van der Waals surface area (Å²) in [5.74, 6) is 0.124. The van der Waals surface area contributed by atoms with Crippen molar-refractivity contribution >= 4 is 17.5 Å². The van der Waals surface area contributed by atoms with E-state index < -0.39 is 6.04 Å². The Labute approximate surface area is 139 Å². The largest absolute Gasteiger partial charge is 0.343 e. The third-order valence-corrected chi connectivity index (χ3v) is 3.64. The van der Waals surface area contributed by atoms with E-state index in [1.807, 2.05) is 58.0 Å². The Morgan fingerprint density at radius 2 is 1.61 bits per heavy atom. The second kappa shape index (κ2) is 9.30. The Hall–Kier alpha value is -1.88. The van der Waals surface area contributed by atoms with Crippen molar-refractivity contribution in [3.63, 3.8) is 0 Å². The molecular weight excluding hydrogens is 296 g/mol. The molecule has 1 aromatic rings. The van der Waals surface area contributed by atoms with Crippen LogP contribution in [0.3, 0.4) is 0 Å². The van der Waals surface area contributed by atoms with Crippen molar-refractivity contribution < 1.29 is 9.59 Å². The fourth-order valence-corrected chi connectivity index (χ4v) is 2.48. The van der Waals surface area contributed by atoms with Gasteiger partial charge in [-0.1, -0.05) is 45.9 Å². The van der Waals surface area contributed by atoms with E-state index in [0.717, 1.165) is 5.69 Å². The molecule has 128 valence electrons. The summed E-state index contributed by atoms with van der Waals surface area (Å²) in [5.41, 5.74) is 0.731. The fourth-order valence-electron chi connectivity index (χ4n) is 2.48. The summed E-state index contributed by atoms with van der Waals surface area (Å²) in [5, 5.41) is 8.76. The molecule has 2 amide bonds. The molecule has 0 fully saturated rings. The average Bonchev–Trinajstić information content (AvgIpc) is 2.47. The van der Waals surface area contributed by atoms with Gasteiger partial charge in [-0.2, -0.15) is 0 Å². The molecule has 0 spiro atoms. The van der Waals surface area contributed by atoms with Crippen LogP contribution in [-0.2, 0) is 9.59 Å². The van der Waals surface area contributed by atoms with Crippen LogP contribution in [0.15, 0.2) is 30.3 Å². The number of anilines is 1. The third-order valence-electron chi connectivity index (χ3n) is 3.64. The number of carbonyl (C=O) groups excluding carboxylic acids is 2. The van der Waals surface area contributed by atoms with E-state index in [1.165, 1.54) is 0 Å². The van der Waals surface area contributed by atoms with Gasteiger partial charge in [0.05, 0.1) is 6.04 Å². The van der Waals surface area contributed by atoms with Crippen LogP contribution in [0.5, 0.6) is 0 Å². The zero-order chi connectivity index (χ0) is 17.4. The van der Waals surface area contributed by atoms with Gasteiger partial charge in [-0.3, -0.25) is 9.59 Å². The van der Waals surface area contributed by atoms with E-state index in [1.54, 1.807) is 7.05 Å². The average molecular weight is 325 g/mol. The monoisotopic (exact) mass is 325 g/mol. The van der Waals surface area contributed by atoms with E-state index in [9.17, 15) is 9.59 Å². The van der Waals surface area contributed by atoms with Gasteiger partial charge in [-0.15, -0.1) is 0 Å². The molecule has 0 saturated heterocycles. The van der Waals surface area contributed by atoms with Gasteiger partial charge in [0.15, 0.2) is 0 Å². The lowest BCUT2D eigenvalue weighted by molar-refractivity contribution is -0.128. The number of amides is 2. The molecule has 0 bridgehead atoms. The molecule has 1 aromatic carbocycles. The molecule has 0 aliphatic rings. The van der Waals surface area contributed by atoms with Crippen molar-refractivity contribution in [2.45, 2.75) is 46.2 Å². The molecule has 0 unspecified atom stereocenters. The summed E-state index contributed by atoms with van der Waals surface area (Å²) < 4.78 is 0. The highest BCUT2D eigenvalue weighted by Gasteiger charge is 2.27. The van der Waals surface area contributed by atoms with Crippen molar-refractivity contribution in [3.8, 4) is 0 Å². The van der Waals surface area contributed by atoms with Crippen LogP contribution in [0.1, 0.15) is 34.1 Å². The Bertz CT molecular complexity index is 500. The summed E-state index contributed by atoms with van der Waals surface area (Å²) in [6.45, 7) is 8.02. The van der Waals surface area contributed by atoms with Crippen molar-refractivity contribution in [1.29, 1.82) is 0 Å². The number of benzene rings is 1. The first-order valence-electron chi connectivity index (χ1n) is 8.18. The lowest BCUT2D eigenvalue weighted by Gasteiger charge is -2.25. The Morgan fingerprint density at radius 1 is 1.00 bits per heavy atom. The first-order valence-corrected chi connectivity index (χ1v) is 8.18. The predicted molar refractivity (Wildman–Crippen MR) is 94.1 cm³/mol. The first kappa shape index (κ1) is 19.2. The van der Waals surface area contributed by atoms with E-state index in [-0.39, 0.29) is 23.8 Å². The quantitative estimate of drug-likeness (QED) is 0.508. The molecule has 3 N–H and O–H groups in total. The predicted octanol–water partition coefficient (Wildman–Crippen LogP) is 2.40. The highest BCUT2D eigenvalue weighted by atomic mass is 16.2. The molecule has 0 aliphatic heterocycles. The Kier molecular flexibility index (Phi) is 7.75. The molecule has 0 radical (unpaired) electrons. The molecule has 0 saturated carbocycles. The standard InChI is InChI=1S/C18H29N3O2/c1-12(2)11-15(21-18(23)16(19-5)13(3)4)17(22)20-14-9-7-6-8-10-14/h6-10,12-13,15-16,19H,11H2,1-5H3,(H,20,22)(H,21,23)/t15-,16-/m0/s1/i3+1,4+1,13+1,16+1,18+1,19+1. The van der Waals surface area contributed by atoms with Crippen LogP contribution in [0, 0.1) is 11.8 Å². The molecule has 23 heavy (non-hydrogen) atoms. The number of para-hydroxylation sites is 1. The molecule has 5 heteroatoms. The summed E-state index contributed by atoms with van der Waals surface area (Å²) in [7, 11) is 1.76. The van der Waals surface area contributed by atoms with Crippen molar-refractivity contribution in [3.05, 3.63) is 30.3 Å². The zero-order valence-corrected chi connectivity index (χ0v) is 14.7. The van der Waals surface area contributed by atoms with E-state index in [4.69, 9.17) is 0 Å². The molecular formula is C18H29N3O2. The van der Waals surface area contributed by atoms with Crippen LogP contribution in [-0.4, -0.2) is 30.9 Å². The number of hydrogen-bond donors (Lipinski definition) is 3. The highest BCUT2D eigenvalue weighted by molar-refractivity contribution is 5.97. The second-order valence-corrected chi connectivity index (χ2v) is 6.56. The van der Waals surface area contributed by atoms with Gasteiger partial charge in [0.25, 0.3) is 0 Å². The first-order chi connectivity index (χ1) is 10.8. The van der Waals surface area contributed by atoms with Crippen LogP contribution < -0.4 is 16.0 Å². The summed E-state index contributed by atoms with van der Waals surface area (Å²) >= 11 is 0. The molecule has 0 aromatic heterocycles. The Morgan fingerprint density at radius 3 is 2.09 bits per heavy atom. The molecule has 2 atom stereocenters. The summed E-state index contributed by atoms with van der Waals surface area (Å²) in [6.07, 6.45) is 0.596. The van der Waals surface area contributed by atoms with Crippen LogP contribution in [0.2, 0.25) is 0 Å². The van der Waals surface area contributed by atoms with Gasteiger partial charge in [-0.25, -0.2) is 0 Å². The topological polar surface area (TPSA) is 70.2 Å². The normalized spacial score (nSPS) is 13.7. The SMILES string of the molecule is C[15NH][13C@H]([13C](=O)N[C@@H](CC(C)C)C(=O)Nc1ccccc1)[13CH]([13CH3])[13CH3]. The molecule has 0 aliphatic carbocycles. The smallest absolute Gasteiger partial charge is 0.246 e. The summed E-state index contributed by atoms with van der Waals surface area (Å²) in [6, 6.07) is 8.42. The zero-order valence-electron chi connectivity index (χ0n) is 14.7. The summed E-state index contributed by atoms with van der Waals surface area (Å²) in [4.78, 5) is 24.9. The van der Waals surface area contributed by atoms with Gasteiger partial charge in [0.1, 0.15) is 6.04 Å². The van der Waals surface area contributed by atoms with Gasteiger partial charge in [0, 0.05) is 5.69 Å². The third kappa shape index (κ3) is 6.40. The highest BCUT2D eigenvalue weighted by Crippen LogP contribution is 2.11. The number of carbonyl (C=O) groups is 2. The Balaban J connectivity index is 2.79. The molecule has 1 rings (SSSR count). The van der Waals surface area contributed by atoms with E-state index in [0.29, 0.717) is 12.3 Å². The van der Waals surface area contributed by atoms with Crippen LogP contribution in [0.4, 0.5) is 5.69 Å². The number of hydrogen-bond acceptors (Lipinski definition) is 3. The minimum Gasteiger partial charge on any atom is -0.343 e. The van der Waals surface area contributed by atoms with Gasteiger partial charge in [-0.05, 0) is 37.4 Å². The van der Waals surface area contributed by atoms with Gasteiger partial charge < -0.3 is 16.0 Å². The van der Waals surface area contributed by atoms with E-state index in [2.05, 4.69) is 16.0 Å². The minimum absolute atomic E-state index is 0.142. The second-order valence-electron chi connectivity index (χ2n) is 6.56. The minimum atomic E-state index is -0.544. The molecule has 5 nitrogen and oxygen atoms in total. The van der Waals surface area contributed by atoms with E-state index >= 15 is 0 Å². The maximum Gasteiger partial charge on any atom is 0.246 e. The maximum atomic E-state index is 12.5. The van der Waals surface area contributed by atoms with Gasteiger partial charge in [0.2, 0.25) is 11.8 Å². The van der Waals surface area contributed by atoms with Crippen molar-refractivity contribution in [2.75, 3.05) is 12.4 Å². The van der Waals surface area contributed by atoms with Crippen molar-refractivity contribution in [2.24, 2.45) is 11.8 Å². The molecule has 0 heterocycles. The van der Waals surface area contributed by atoms with Crippen LogP contribution in [0.25, 0.3) is 0 Å². The lowest BCUT2D eigenvalue weighted by atomic mass is 10.0. The number of likely N-dealkylation sites (N-methyl/N-ethyl adjacent to an activating group) is 1.